The second-order valence-corrected chi connectivity index (χ2v) is 4.68. The van der Waals surface area contributed by atoms with Gasteiger partial charge >= 0.3 is 5.69 Å². The summed E-state index contributed by atoms with van der Waals surface area (Å²) in [5, 5.41) is 0. The van der Waals surface area contributed by atoms with Crippen molar-refractivity contribution in [3.63, 3.8) is 0 Å². The molecule has 18 heavy (non-hydrogen) atoms. The van der Waals surface area contributed by atoms with Crippen LogP contribution in [0.4, 0.5) is 4.39 Å². The molecule has 0 aliphatic rings. The summed E-state index contributed by atoms with van der Waals surface area (Å²) in [5.41, 5.74) is 0.184. The number of aromatic amines is 2. The largest absolute Gasteiger partial charge is 0.325 e. The normalized spacial score (nSPS) is 10.5. The lowest BCUT2D eigenvalue weighted by atomic mass is 10.2. The standard InChI is InChI=1S/C12H11FN2O2S/c13-10-4-2-1-3-8(10)6-18-7-9-5-11(16)15-12(17)14-9/h1-5H,6-7H2,(H2,14,15,16,17). The molecule has 0 aliphatic heterocycles. The molecule has 0 spiro atoms. The maximum Gasteiger partial charge on any atom is 0.325 e. The zero-order valence-corrected chi connectivity index (χ0v) is 10.2. The van der Waals surface area contributed by atoms with Crippen molar-refractivity contribution >= 4 is 11.8 Å². The summed E-state index contributed by atoms with van der Waals surface area (Å²) >= 11 is 1.43. The van der Waals surface area contributed by atoms with Crippen molar-refractivity contribution in [2.24, 2.45) is 0 Å². The molecule has 0 unspecified atom stereocenters. The minimum atomic E-state index is -0.524. The SMILES string of the molecule is O=c1cc(CSCc2ccccc2F)[nH]c(=O)[nH]1. The van der Waals surface area contributed by atoms with Crippen molar-refractivity contribution in [2.45, 2.75) is 11.5 Å². The molecule has 2 N–H and O–H groups in total. The highest BCUT2D eigenvalue weighted by Gasteiger charge is 2.02. The van der Waals surface area contributed by atoms with Gasteiger partial charge in [0.2, 0.25) is 0 Å². The molecule has 1 aromatic heterocycles. The highest BCUT2D eigenvalue weighted by molar-refractivity contribution is 7.97. The first-order chi connectivity index (χ1) is 8.65. The monoisotopic (exact) mass is 266 g/mol. The number of benzene rings is 1. The Morgan fingerprint density at radius 2 is 1.89 bits per heavy atom. The van der Waals surface area contributed by atoms with E-state index >= 15 is 0 Å². The van der Waals surface area contributed by atoms with E-state index in [4.69, 9.17) is 0 Å². The summed E-state index contributed by atoms with van der Waals surface area (Å²) in [5.74, 6) is 0.694. The molecule has 1 heterocycles. The van der Waals surface area contributed by atoms with Crippen LogP contribution in [0.5, 0.6) is 0 Å². The quantitative estimate of drug-likeness (QED) is 0.884. The molecule has 0 saturated carbocycles. The van der Waals surface area contributed by atoms with Gasteiger partial charge in [0.05, 0.1) is 0 Å². The Bertz CT molecular complexity index is 623. The number of halogens is 1. The third kappa shape index (κ3) is 3.33. The van der Waals surface area contributed by atoms with Crippen LogP contribution in [0.2, 0.25) is 0 Å². The summed E-state index contributed by atoms with van der Waals surface area (Å²) in [6, 6.07) is 7.86. The Balaban J connectivity index is 1.99. The summed E-state index contributed by atoms with van der Waals surface area (Å²) < 4.78 is 13.3. The van der Waals surface area contributed by atoms with Crippen molar-refractivity contribution in [2.75, 3.05) is 0 Å². The fourth-order valence-corrected chi connectivity index (χ4v) is 2.42. The van der Waals surface area contributed by atoms with Crippen LogP contribution in [0.1, 0.15) is 11.3 Å². The average Bonchev–Trinajstić information content (AvgIpc) is 2.30. The van der Waals surface area contributed by atoms with Crippen LogP contribution in [0.25, 0.3) is 0 Å². The van der Waals surface area contributed by atoms with E-state index in [9.17, 15) is 14.0 Å². The summed E-state index contributed by atoms with van der Waals surface area (Å²) in [6.07, 6.45) is 0. The number of nitrogens with one attached hydrogen (secondary N) is 2. The Morgan fingerprint density at radius 3 is 2.61 bits per heavy atom. The van der Waals surface area contributed by atoms with Gasteiger partial charge in [-0.05, 0) is 11.6 Å². The van der Waals surface area contributed by atoms with Crippen molar-refractivity contribution in [1.29, 1.82) is 0 Å². The lowest BCUT2D eigenvalue weighted by molar-refractivity contribution is 0.617. The molecule has 0 radical (unpaired) electrons. The lowest BCUT2D eigenvalue weighted by Crippen LogP contribution is -2.22. The topological polar surface area (TPSA) is 65.7 Å². The van der Waals surface area contributed by atoms with E-state index in [2.05, 4.69) is 9.97 Å². The van der Waals surface area contributed by atoms with Crippen LogP contribution in [-0.4, -0.2) is 9.97 Å². The molecule has 0 fully saturated rings. The molecule has 94 valence electrons. The molecule has 6 heteroatoms. The van der Waals surface area contributed by atoms with E-state index in [1.165, 1.54) is 23.9 Å². The third-order valence-corrected chi connectivity index (χ3v) is 3.32. The third-order valence-electron chi connectivity index (χ3n) is 2.29. The number of thioether (sulfide) groups is 1. The van der Waals surface area contributed by atoms with Crippen LogP contribution in [0, 0.1) is 5.82 Å². The minimum absolute atomic E-state index is 0.246. The van der Waals surface area contributed by atoms with Crippen LogP contribution < -0.4 is 11.2 Å². The van der Waals surface area contributed by atoms with Gasteiger partial charge in [-0.1, -0.05) is 18.2 Å². The van der Waals surface area contributed by atoms with Gasteiger partial charge in [0.15, 0.2) is 0 Å². The summed E-state index contributed by atoms with van der Waals surface area (Å²) in [6.45, 7) is 0. The molecule has 2 aromatic rings. The van der Waals surface area contributed by atoms with Gasteiger partial charge in [-0.2, -0.15) is 11.8 Å². The Morgan fingerprint density at radius 1 is 1.11 bits per heavy atom. The molecular formula is C12H11FN2O2S. The van der Waals surface area contributed by atoms with E-state index in [-0.39, 0.29) is 5.82 Å². The first-order valence-electron chi connectivity index (χ1n) is 5.29. The van der Waals surface area contributed by atoms with Gasteiger partial charge in [-0.3, -0.25) is 9.78 Å². The number of aromatic nitrogens is 2. The van der Waals surface area contributed by atoms with Crippen molar-refractivity contribution in [3.05, 3.63) is 68.2 Å². The zero-order valence-electron chi connectivity index (χ0n) is 9.40. The number of rotatable bonds is 4. The molecule has 2 rings (SSSR count). The maximum atomic E-state index is 13.3. The van der Waals surface area contributed by atoms with Crippen molar-refractivity contribution in [1.82, 2.24) is 9.97 Å². The fourth-order valence-electron chi connectivity index (χ4n) is 1.48. The highest BCUT2D eigenvalue weighted by Crippen LogP contribution is 2.17. The molecular weight excluding hydrogens is 255 g/mol. The zero-order chi connectivity index (χ0) is 13.0. The van der Waals surface area contributed by atoms with Gasteiger partial charge in [0.25, 0.3) is 5.56 Å². The molecule has 0 saturated heterocycles. The van der Waals surface area contributed by atoms with E-state index in [1.807, 2.05) is 0 Å². The predicted octanol–water partition coefficient (Wildman–Crippen LogP) is 1.64. The summed E-state index contributed by atoms with van der Waals surface area (Å²) in [7, 11) is 0. The number of hydrogen-bond donors (Lipinski definition) is 2. The second kappa shape index (κ2) is 5.68. The van der Waals surface area contributed by atoms with E-state index < -0.39 is 11.2 Å². The first kappa shape index (κ1) is 12.6. The fraction of sp³-hybridized carbons (Fsp3) is 0.167. The Hall–Kier alpha value is -1.82. The van der Waals surface area contributed by atoms with Gasteiger partial charge in [-0.25, -0.2) is 9.18 Å². The Kier molecular flexibility index (Phi) is 3.99. The van der Waals surface area contributed by atoms with Gasteiger partial charge in [-0.15, -0.1) is 0 Å². The molecule has 0 amide bonds. The minimum Gasteiger partial charge on any atom is -0.310 e. The Labute approximate surface area is 106 Å². The second-order valence-electron chi connectivity index (χ2n) is 3.70. The van der Waals surface area contributed by atoms with E-state index in [1.54, 1.807) is 18.2 Å². The molecule has 0 aliphatic carbocycles. The highest BCUT2D eigenvalue weighted by atomic mass is 32.2. The van der Waals surface area contributed by atoms with E-state index in [0.29, 0.717) is 22.8 Å². The van der Waals surface area contributed by atoms with Gasteiger partial charge in [0, 0.05) is 23.3 Å². The van der Waals surface area contributed by atoms with Crippen molar-refractivity contribution in [3.8, 4) is 0 Å². The van der Waals surface area contributed by atoms with Crippen LogP contribution in [0.3, 0.4) is 0 Å². The van der Waals surface area contributed by atoms with Gasteiger partial charge in [0.1, 0.15) is 5.82 Å². The molecule has 0 atom stereocenters. The molecule has 0 bridgehead atoms. The number of hydrogen-bond acceptors (Lipinski definition) is 3. The maximum absolute atomic E-state index is 13.3. The smallest absolute Gasteiger partial charge is 0.310 e. The van der Waals surface area contributed by atoms with Crippen molar-refractivity contribution < 1.29 is 4.39 Å². The number of H-pyrrole nitrogens is 2. The average molecular weight is 266 g/mol. The van der Waals surface area contributed by atoms with Crippen LogP contribution >= 0.6 is 11.8 Å². The summed E-state index contributed by atoms with van der Waals surface area (Å²) in [4.78, 5) is 26.7. The van der Waals surface area contributed by atoms with Gasteiger partial charge < -0.3 is 4.98 Å². The van der Waals surface area contributed by atoms with Crippen LogP contribution in [0.15, 0.2) is 39.9 Å². The van der Waals surface area contributed by atoms with Crippen LogP contribution in [-0.2, 0) is 11.5 Å². The first-order valence-corrected chi connectivity index (χ1v) is 6.44. The van der Waals surface area contributed by atoms with E-state index in [0.717, 1.165) is 0 Å². The molecule has 1 aromatic carbocycles. The predicted molar refractivity (Wildman–Crippen MR) is 69.1 cm³/mol. The lowest BCUT2D eigenvalue weighted by Gasteiger charge is -2.03. The molecule has 4 nitrogen and oxygen atoms in total.